The lowest BCUT2D eigenvalue weighted by atomic mass is 10.1. The second-order valence-electron chi connectivity index (χ2n) is 7.21. The summed E-state index contributed by atoms with van der Waals surface area (Å²) < 4.78 is 58.6. The van der Waals surface area contributed by atoms with Gasteiger partial charge in [0, 0.05) is 10.8 Å². The molecule has 5 N–H and O–H groups in total. The van der Waals surface area contributed by atoms with Crippen molar-refractivity contribution in [2.75, 3.05) is 5.32 Å². The summed E-state index contributed by atoms with van der Waals surface area (Å²) in [6.45, 7) is 3.25. The second kappa shape index (κ2) is 9.41. The molecule has 0 aliphatic carbocycles. The molecule has 190 valence electrons. The molecule has 0 atom stereocenters. The third-order valence-electron chi connectivity index (χ3n) is 4.86. The van der Waals surface area contributed by atoms with Crippen molar-refractivity contribution in [1.82, 2.24) is 15.0 Å². The smallest absolute Gasteiger partial charge is 0.321 e. The van der Waals surface area contributed by atoms with Crippen molar-refractivity contribution in [1.29, 1.82) is 0 Å². The van der Waals surface area contributed by atoms with E-state index < -0.39 is 48.3 Å². The van der Waals surface area contributed by atoms with E-state index in [1.165, 1.54) is 42.5 Å². The number of sulfone groups is 1. The van der Waals surface area contributed by atoms with Crippen LogP contribution in [0.25, 0.3) is 10.8 Å². The number of benzene rings is 3. The van der Waals surface area contributed by atoms with E-state index in [4.69, 9.17) is 0 Å². The number of aromatic nitrogens is 3. The minimum atomic E-state index is -4.95. The maximum Gasteiger partial charge on any atom is 0.321 e. The minimum Gasteiger partial charge on any atom is -0.505 e. The van der Waals surface area contributed by atoms with Crippen molar-refractivity contribution in [3.63, 3.8) is 0 Å². The maximum atomic E-state index is 12.3. The molecule has 0 aliphatic rings. The van der Waals surface area contributed by atoms with Crippen LogP contribution in [0.4, 0.5) is 23.0 Å². The molecule has 4 rings (SSSR count). The predicted octanol–water partition coefficient (Wildman–Crippen LogP) is 3.46. The summed E-state index contributed by atoms with van der Waals surface area (Å²) in [4.78, 5) is 9.33. The van der Waals surface area contributed by atoms with E-state index >= 15 is 0 Å². The molecule has 0 fully saturated rings. The average Bonchev–Trinajstić information content (AvgIpc) is 2.82. The lowest BCUT2D eigenvalue weighted by Crippen LogP contribution is -2.01. The first kappa shape index (κ1) is 25.4. The number of fused-ring (bicyclic) bond motifs is 1. The van der Waals surface area contributed by atoms with E-state index in [1.54, 1.807) is 0 Å². The van der Waals surface area contributed by atoms with Crippen LogP contribution in [0.1, 0.15) is 0 Å². The molecular formula is C21H16N6O8S2. The summed E-state index contributed by atoms with van der Waals surface area (Å²) in [7, 11) is -8.90. The summed E-state index contributed by atoms with van der Waals surface area (Å²) in [6, 6.07) is 9.16. The summed E-state index contributed by atoms with van der Waals surface area (Å²) in [6.07, 6.45) is 0. The number of hydrogen-bond acceptors (Lipinski definition) is 13. The number of phenols is 1. The SMILES string of the molecule is C=CS(=O)(=O)c1ccccc1N=Nc1c(S(=O)(=O)O)cc2cccc(Nc3nc(O)nc(O)n3)c2c1O. The Kier molecular flexibility index (Phi) is 6.47. The van der Waals surface area contributed by atoms with Crippen molar-refractivity contribution in [3.05, 3.63) is 60.5 Å². The zero-order valence-electron chi connectivity index (χ0n) is 18.4. The Morgan fingerprint density at radius 1 is 0.865 bits per heavy atom. The zero-order valence-corrected chi connectivity index (χ0v) is 20.0. The number of phenolic OH excluding ortho intramolecular Hbond substituents is 1. The molecule has 37 heavy (non-hydrogen) atoms. The molecule has 16 heteroatoms. The summed E-state index contributed by atoms with van der Waals surface area (Å²) in [5.41, 5.74) is -0.810. The van der Waals surface area contributed by atoms with Gasteiger partial charge in [0.2, 0.25) is 15.8 Å². The van der Waals surface area contributed by atoms with Gasteiger partial charge in [-0.15, -0.1) is 15.2 Å². The van der Waals surface area contributed by atoms with Gasteiger partial charge >= 0.3 is 12.0 Å². The van der Waals surface area contributed by atoms with Gasteiger partial charge in [-0.25, -0.2) is 8.42 Å². The van der Waals surface area contributed by atoms with Gasteiger partial charge in [0.05, 0.1) is 10.6 Å². The Balaban J connectivity index is 1.95. The van der Waals surface area contributed by atoms with Gasteiger partial charge in [0.25, 0.3) is 10.1 Å². The number of rotatable bonds is 7. The molecule has 0 unspecified atom stereocenters. The highest BCUT2D eigenvalue weighted by Crippen LogP contribution is 2.45. The quantitative estimate of drug-likeness (QED) is 0.166. The van der Waals surface area contributed by atoms with Crippen LogP contribution in [0.5, 0.6) is 17.8 Å². The molecule has 0 bridgehead atoms. The van der Waals surface area contributed by atoms with Crippen LogP contribution in [0, 0.1) is 0 Å². The summed E-state index contributed by atoms with van der Waals surface area (Å²) in [5, 5.41) is 41.1. The van der Waals surface area contributed by atoms with Gasteiger partial charge in [-0.05, 0) is 29.7 Å². The second-order valence-corrected chi connectivity index (χ2v) is 10.5. The highest BCUT2D eigenvalue weighted by atomic mass is 32.2. The highest BCUT2D eigenvalue weighted by molar-refractivity contribution is 7.94. The van der Waals surface area contributed by atoms with Crippen LogP contribution in [0.15, 0.2) is 80.5 Å². The van der Waals surface area contributed by atoms with Crippen LogP contribution >= 0.6 is 0 Å². The third kappa shape index (κ3) is 5.15. The molecule has 0 aliphatic heterocycles. The van der Waals surface area contributed by atoms with Crippen LogP contribution in [0.3, 0.4) is 0 Å². The fourth-order valence-electron chi connectivity index (χ4n) is 3.30. The predicted molar refractivity (Wildman–Crippen MR) is 130 cm³/mol. The molecular weight excluding hydrogens is 528 g/mol. The first-order chi connectivity index (χ1) is 17.4. The maximum absolute atomic E-state index is 12.3. The molecule has 0 saturated heterocycles. The van der Waals surface area contributed by atoms with Gasteiger partial charge in [-0.2, -0.15) is 18.4 Å². The molecule has 0 radical (unpaired) electrons. The van der Waals surface area contributed by atoms with E-state index in [2.05, 4.69) is 37.1 Å². The van der Waals surface area contributed by atoms with E-state index in [0.29, 0.717) is 5.41 Å². The topological polar surface area (TPSA) is 225 Å². The molecule has 1 aromatic heterocycles. The van der Waals surface area contributed by atoms with Crippen molar-refractivity contribution < 1.29 is 36.7 Å². The van der Waals surface area contributed by atoms with Crippen LogP contribution in [-0.2, 0) is 20.0 Å². The Morgan fingerprint density at radius 2 is 1.54 bits per heavy atom. The van der Waals surface area contributed by atoms with Gasteiger partial charge in [0.15, 0.2) is 5.75 Å². The molecule has 1 heterocycles. The highest BCUT2D eigenvalue weighted by Gasteiger charge is 2.24. The van der Waals surface area contributed by atoms with Gasteiger partial charge < -0.3 is 20.6 Å². The number of aromatic hydroxyl groups is 3. The van der Waals surface area contributed by atoms with Gasteiger partial charge in [0.1, 0.15) is 16.3 Å². The standard InChI is InChI=1S/C21H16N6O8S2/c1-2-36(31,32)14-9-4-3-7-12(14)26-27-17-15(37(33,34)35)10-11-6-5-8-13(16(11)18(17)28)22-19-23-20(29)25-21(30)24-19/h2-10,28H,1H2,(H,33,34,35)(H3,22,23,24,25,29,30). The number of azo groups is 1. The Morgan fingerprint density at radius 3 is 2.19 bits per heavy atom. The monoisotopic (exact) mass is 544 g/mol. The fraction of sp³-hybridized carbons (Fsp3) is 0. The number of hydrogen-bond donors (Lipinski definition) is 5. The Hall–Kier alpha value is -4.67. The van der Waals surface area contributed by atoms with E-state index in [0.717, 1.165) is 6.07 Å². The molecule has 0 spiro atoms. The normalized spacial score (nSPS) is 12.1. The summed E-state index contributed by atoms with van der Waals surface area (Å²) in [5.74, 6) is -1.08. The zero-order chi connectivity index (χ0) is 27.0. The first-order valence-electron chi connectivity index (χ1n) is 9.96. The van der Waals surface area contributed by atoms with Gasteiger partial charge in [-0.3, -0.25) is 4.55 Å². The van der Waals surface area contributed by atoms with Crippen molar-refractivity contribution in [3.8, 4) is 17.8 Å². The first-order valence-corrected chi connectivity index (χ1v) is 12.9. The van der Waals surface area contributed by atoms with E-state index in [1.807, 2.05) is 0 Å². The van der Waals surface area contributed by atoms with Crippen molar-refractivity contribution in [2.45, 2.75) is 9.79 Å². The van der Waals surface area contributed by atoms with Crippen molar-refractivity contribution >= 4 is 53.7 Å². The number of anilines is 2. The molecule has 4 aromatic rings. The van der Waals surface area contributed by atoms with E-state index in [9.17, 15) is 36.7 Å². The number of nitrogens with one attached hydrogen (secondary N) is 1. The van der Waals surface area contributed by atoms with Crippen LogP contribution < -0.4 is 5.32 Å². The lowest BCUT2D eigenvalue weighted by Gasteiger charge is -2.13. The van der Waals surface area contributed by atoms with Crippen LogP contribution in [-0.4, -0.2) is 51.7 Å². The average molecular weight is 545 g/mol. The van der Waals surface area contributed by atoms with Crippen molar-refractivity contribution in [2.24, 2.45) is 10.2 Å². The molecule has 0 amide bonds. The number of nitrogens with zero attached hydrogens (tertiary/aromatic N) is 5. The largest absolute Gasteiger partial charge is 0.505 e. The Labute approximate surface area is 209 Å². The van der Waals surface area contributed by atoms with E-state index in [-0.39, 0.29) is 33.0 Å². The molecule has 14 nitrogen and oxygen atoms in total. The Bertz CT molecular complexity index is 1790. The summed E-state index contributed by atoms with van der Waals surface area (Å²) >= 11 is 0. The van der Waals surface area contributed by atoms with Gasteiger partial charge in [-0.1, -0.05) is 30.8 Å². The third-order valence-corrected chi connectivity index (χ3v) is 7.13. The lowest BCUT2D eigenvalue weighted by molar-refractivity contribution is 0.384. The molecule has 3 aromatic carbocycles. The van der Waals surface area contributed by atoms with Crippen LogP contribution in [0.2, 0.25) is 0 Å². The molecule has 0 saturated carbocycles. The minimum absolute atomic E-state index is 0.0322. The fourth-order valence-corrected chi connectivity index (χ4v) is 4.81.